The minimum atomic E-state index is -0.784. The molecule has 2 aliphatic rings. The summed E-state index contributed by atoms with van der Waals surface area (Å²) in [5.41, 5.74) is 4.66. The van der Waals surface area contributed by atoms with Crippen molar-refractivity contribution in [2.24, 2.45) is 5.11 Å². The third kappa shape index (κ3) is 3.68. The highest BCUT2D eigenvalue weighted by Crippen LogP contribution is 2.27. The first-order valence-electron chi connectivity index (χ1n) is 9.87. The number of aryl methyl sites for hydroxylation is 3. The molecular formula is C22H24N5O3+. The van der Waals surface area contributed by atoms with Crippen molar-refractivity contribution in [3.05, 3.63) is 59.2 Å². The molecule has 0 bridgehead atoms. The molecule has 2 aromatic rings. The number of amides is 3. The number of benzene rings is 2. The molecule has 0 spiro atoms. The fourth-order valence-corrected chi connectivity index (χ4v) is 3.66. The van der Waals surface area contributed by atoms with Gasteiger partial charge in [-0.15, -0.1) is 0 Å². The summed E-state index contributed by atoms with van der Waals surface area (Å²) >= 11 is 0. The zero-order valence-electron chi connectivity index (χ0n) is 17.3. The number of nitrogens with zero attached hydrogens (tertiary/aromatic N) is 4. The van der Waals surface area contributed by atoms with Crippen LogP contribution in [0, 0.1) is 20.8 Å². The first-order valence-corrected chi connectivity index (χ1v) is 9.87. The predicted octanol–water partition coefficient (Wildman–Crippen LogP) is 2.19. The molecule has 1 N–H and O–H groups in total. The van der Waals surface area contributed by atoms with Crippen molar-refractivity contribution in [3.63, 3.8) is 0 Å². The average molecular weight is 406 g/mol. The summed E-state index contributed by atoms with van der Waals surface area (Å²) in [6, 6.07) is 13.7. The lowest BCUT2D eigenvalue weighted by atomic mass is 10.1. The molecule has 0 saturated carbocycles. The topological polar surface area (TPSA) is 85.1 Å². The van der Waals surface area contributed by atoms with Gasteiger partial charge < -0.3 is 10.2 Å². The van der Waals surface area contributed by atoms with Gasteiger partial charge in [-0.2, -0.15) is 0 Å². The average Bonchev–Trinajstić information content (AvgIpc) is 3.13. The van der Waals surface area contributed by atoms with Gasteiger partial charge in [0.2, 0.25) is 0 Å². The molecule has 2 heterocycles. The van der Waals surface area contributed by atoms with Crippen molar-refractivity contribution in [2.45, 2.75) is 27.1 Å². The monoisotopic (exact) mass is 406 g/mol. The number of fused-ring (bicyclic) bond motifs is 1. The summed E-state index contributed by atoms with van der Waals surface area (Å²) in [6.45, 7) is 6.50. The molecule has 1 atom stereocenters. The van der Waals surface area contributed by atoms with E-state index >= 15 is 0 Å². The molecular weight excluding hydrogens is 382 g/mol. The van der Waals surface area contributed by atoms with Gasteiger partial charge in [-0.05, 0) is 54.8 Å². The van der Waals surface area contributed by atoms with Gasteiger partial charge in [0.15, 0.2) is 0 Å². The van der Waals surface area contributed by atoms with Crippen molar-refractivity contribution >= 4 is 29.1 Å². The lowest BCUT2D eigenvalue weighted by molar-refractivity contribution is -0.509. The maximum Gasteiger partial charge on any atom is 0.502 e. The van der Waals surface area contributed by atoms with E-state index in [0.717, 1.165) is 27.1 Å². The van der Waals surface area contributed by atoms with E-state index in [1.807, 2.05) is 68.1 Å². The zero-order chi connectivity index (χ0) is 21.4. The van der Waals surface area contributed by atoms with Crippen LogP contribution in [0.15, 0.2) is 47.6 Å². The summed E-state index contributed by atoms with van der Waals surface area (Å²) in [5.74, 6) is -1.82. The van der Waals surface area contributed by atoms with Crippen LogP contribution in [-0.2, 0) is 14.4 Å². The van der Waals surface area contributed by atoms with Gasteiger partial charge >= 0.3 is 11.8 Å². The van der Waals surface area contributed by atoms with Gasteiger partial charge in [0, 0.05) is 29.6 Å². The molecule has 8 heteroatoms. The van der Waals surface area contributed by atoms with E-state index in [-0.39, 0.29) is 6.54 Å². The summed E-state index contributed by atoms with van der Waals surface area (Å²) in [5, 5.41) is 7.24. The van der Waals surface area contributed by atoms with Gasteiger partial charge in [0.25, 0.3) is 18.7 Å². The van der Waals surface area contributed by atoms with Crippen molar-refractivity contribution in [3.8, 4) is 0 Å². The fraction of sp³-hybridized carbons (Fsp3) is 0.318. The number of hydrogen-bond donors (Lipinski definition) is 1. The molecule has 3 amide bonds. The molecule has 1 saturated heterocycles. The van der Waals surface area contributed by atoms with Gasteiger partial charge in [0.05, 0.1) is 0 Å². The van der Waals surface area contributed by atoms with E-state index in [1.165, 1.54) is 4.90 Å². The second kappa shape index (κ2) is 7.70. The Bertz CT molecular complexity index is 1060. The van der Waals surface area contributed by atoms with Crippen LogP contribution in [0.5, 0.6) is 0 Å². The van der Waals surface area contributed by atoms with Crippen LogP contribution >= 0.6 is 0 Å². The number of carbonyl (C=O) groups excluding carboxylic acids is 3. The summed E-state index contributed by atoms with van der Waals surface area (Å²) < 4.78 is 0.983. The molecule has 0 radical (unpaired) electrons. The molecule has 30 heavy (non-hydrogen) atoms. The Labute approximate surface area is 174 Å². The summed E-state index contributed by atoms with van der Waals surface area (Å²) in [7, 11) is 0. The number of anilines is 2. The Morgan fingerprint density at radius 2 is 1.70 bits per heavy atom. The molecule has 4 rings (SSSR count). The van der Waals surface area contributed by atoms with E-state index in [1.54, 1.807) is 0 Å². The fourth-order valence-electron chi connectivity index (χ4n) is 3.66. The van der Waals surface area contributed by atoms with Gasteiger partial charge in [0.1, 0.15) is 0 Å². The van der Waals surface area contributed by atoms with Crippen LogP contribution < -0.4 is 10.2 Å². The highest BCUT2D eigenvalue weighted by Gasteiger charge is 2.49. The molecule has 2 aliphatic heterocycles. The standard InChI is InChI=1S/C22H23N5O3/c1-14-5-8-17(9-6-14)25-10-11-26-20(29)21(30)27(24-22(25)26)13-19(28)23-18-12-15(2)4-7-16(18)3/h4-9,12,22H,10-11,13H2,1-3H3/p+1. The van der Waals surface area contributed by atoms with E-state index in [0.29, 0.717) is 18.8 Å². The first kappa shape index (κ1) is 19.8. The second-order valence-corrected chi connectivity index (χ2v) is 7.72. The van der Waals surface area contributed by atoms with Crippen molar-refractivity contribution < 1.29 is 19.1 Å². The van der Waals surface area contributed by atoms with Crippen molar-refractivity contribution in [1.29, 1.82) is 0 Å². The van der Waals surface area contributed by atoms with Crippen LogP contribution in [0.3, 0.4) is 0 Å². The zero-order valence-corrected chi connectivity index (χ0v) is 17.3. The maximum absolute atomic E-state index is 12.6. The molecule has 1 unspecified atom stereocenters. The molecule has 0 aliphatic carbocycles. The lowest BCUT2D eigenvalue weighted by Crippen LogP contribution is -2.52. The quantitative estimate of drug-likeness (QED) is 0.623. The predicted molar refractivity (Wildman–Crippen MR) is 111 cm³/mol. The van der Waals surface area contributed by atoms with Crippen LogP contribution in [0.4, 0.5) is 11.4 Å². The normalized spacial score (nSPS) is 18.4. The van der Waals surface area contributed by atoms with E-state index in [4.69, 9.17) is 0 Å². The lowest BCUT2D eigenvalue weighted by Gasteiger charge is -2.27. The van der Waals surface area contributed by atoms with Crippen LogP contribution in [0.2, 0.25) is 0 Å². The van der Waals surface area contributed by atoms with Crippen molar-refractivity contribution in [1.82, 2.24) is 4.90 Å². The maximum atomic E-state index is 12.6. The van der Waals surface area contributed by atoms with Gasteiger partial charge in [-0.1, -0.05) is 29.8 Å². The highest BCUT2D eigenvalue weighted by molar-refractivity contribution is 6.32. The first-order chi connectivity index (χ1) is 14.3. The van der Waals surface area contributed by atoms with Crippen LogP contribution in [-0.4, -0.2) is 53.2 Å². The Kier molecular flexibility index (Phi) is 5.07. The largest absolute Gasteiger partial charge is 0.502 e. The van der Waals surface area contributed by atoms with E-state index in [9.17, 15) is 14.4 Å². The smallest absolute Gasteiger partial charge is 0.326 e. The molecule has 8 nitrogen and oxygen atoms in total. The minimum absolute atomic E-state index is 0.315. The van der Waals surface area contributed by atoms with Crippen LogP contribution in [0.25, 0.3) is 0 Å². The Hall–Kier alpha value is -3.55. The number of nitrogens with one attached hydrogen (secondary N) is 1. The number of azo groups is 2. The SMILES string of the molecule is Cc1ccc(N2CCN3C(=O)C(=O)[N+](CC(=O)Nc4cc(C)ccc4C)=NC32)cc1. The van der Waals surface area contributed by atoms with Crippen LogP contribution in [0.1, 0.15) is 16.7 Å². The Morgan fingerprint density at radius 3 is 2.43 bits per heavy atom. The van der Waals surface area contributed by atoms with E-state index in [2.05, 4.69) is 10.4 Å². The number of rotatable bonds is 4. The molecule has 154 valence electrons. The minimum Gasteiger partial charge on any atom is -0.326 e. The number of carbonyl (C=O) groups is 3. The Morgan fingerprint density at radius 1 is 1.03 bits per heavy atom. The molecule has 1 fully saturated rings. The highest BCUT2D eigenvalue weighted by atomic mass is 16.2. The van der Waals surface area contributed by atoms with Gasteiger partial charge in [-0.3, -0.25) is 14.5 Å². The molecule has 2 aromatic carbocycles. The summed E-state index contributed by atoms with van der Waals surface area (Å²) in [6.07, 6.45) is -0.633. The van der Waals surface area contributed by atoms with Crippen molar-refractivity contribution in [2.75, 3.05) is 29.9 Å². The Balaban J connectivity index is 1.56. The third-order valence-corrected chi connectivity index (χ3v) is 5.39. The number of hydrogen-bond acceptors (Lipinski definition) is 5. The van der Waals surface area contributed by atoms with E-state index < -0.39 is 24.0 Å². The molecule has 0 aromatic heterocycles. The third-order valence-electron chi connectivity index (χ3n) is 5.39. The van der Waals surface area contributed by atoms with Gasteiger partial charge in [-0.25, -0.2) is 4.79 Å². The summed E-state index contributed by atoms with van der Waals surface area (Å²) in [4.78, 5) is 41.1. The second-order valence-electron chi connectivity index (χ2n) is 7.72.